The van der Waals surface area contributed by atoms with Gasteiger partial charge in [-0.15, -0.1) is 0 Å². The van der Waals surface area contributed by atoms with Crippen molar-refractivity contribution in [2.75, 3.05) is 11.1 Å². The number of pyridine rings is 1. The first-order valence-electron chi connectivity index (χ1n) is 8.07. The summed E-state index contributed by atoms with van der Waals surface area (Å²) in [5.74, 6) is 1.36. The number of nitrogens with two attached hydrogens (primary N) is 1. The summed E-state index contributed by atoms with van der Waals surface area (Å²) in [6, 6.07) is 4.26. The van der Waals surface area contributed by atoms with E-state index in [1.165, 1.54) is 25.7 Å². The van der Waals surface area contributed by atoms with Gasteiger partial charge in [-0.2, -0.15) is 4.98 Å². The molecule has 1 atom stereocenters. The Kier molecular flexibility index (Phi) is 6.79. The SMILES string of the molecule is CCCCC(CCC)Nc1ccc(N)c(OC(C)(C)C)n1. The van der Waals surface area contributed by atoms with E-state index in [1.54, 1.807) is 0 Å². The van der Waals surface area contributed by atoms with Crippen LogP contribution in [0.15, 0.2) is 12.1 Å². The number of anilines is 2. The maximum Gasteiger partial charge on any atom is 0.239 e. The third-order valence-corrected chi connectivity index (χ3v) is 3.19. The summed E-state index contributed by atoms with van der Waals surface area (Å²) in [7, 11) is 0. The van der Waals surface area contributed by atoms with E-state index in [0.717, 1.165) is 12.2 Å². The zero-order chi connectivity index (χ0) is 15.9. The van der Waals surface area contributed by atoms with Crippen LogP contribution in [0.5, 0.6) is 5.88 Å². The lowest BCUT2D eigenvalue weighted by Crippen LogP contribution is -2.25. The molecule has 0 aliphatic carbocycles. The third-order valence-electron chi connectivity index (χ3n) is 3.19. The molecule has 120 valence electrons. The van der Waals surface area contributed by atoms with Crippen LogP contribution in [0, 0.1) is 0 Å². The second kappa shape index (κ2) is 8.11. The van der Waals surface area contributed by atoms with E-state index in [4.69, 9.17) is 10.5 Å². The molecule has 0 saturated carbocycles. The molecule has 0 aromatic carbocycles. The van der Waals surface area contributed by atoms with Crippen molar-refractivity contribution in [2.24, 2.45) is 0 Å². The van der Waals surface area contributed by atoms with Crippen molar-refractivity contribution in [1.29, 1.82) is 0 Å². The highest BCUT2D eigenvalue weighted by Crippen LogP contribution is 2.25. The van der Waals surface area contributed by atoms with E-state index in [9.17, 15) is 0 Å². The molecule has 21 heavy (non-hydrogen) atoms. The maximum atomic E-state index is 5.95. The minimum atomic E-state index is -0.301. The van der Waals surface area contributed by atoms with E-state index in [2.05, 4.69) is 24.1 Å². The quantitative estimate of drug-likeness (QED) is 0.734. The second-order valence-corrected chi connectivity index (χ2v) is 6.58. The zero-order valence-corrected chi connectivity index (χ0v) is 14.2. The van der Waals surface area contributed by atoms with Gasteiger partial charge in [0.2, 0.25) is 5.88 Å². The molecule has 0 aliphatic rings. The average Bonchev–Trinajstić information content (AvgIpc) is 2.38. The van der Waals surface area contributed by atoms with Crippen LogP contribution in [-0.4, -0.2) is 16.6 Å². The Morgan fingerprint density at radius 3 is 2.48 bits per heavy atom. The molecule has 0 radical (unpaired) electrons. The molecule has 0 aliphatic heterocycles. The van der Waals surface area contributed by atoms with Crippen LogP contribution >= 0.6 is 0 Å². The zero-order valence-electron chi connectivity index (χ0n) is 14.2. The lowest BCUT2D eigenvalue weighted by Gasteiger charge is -2.23. The van der Waals surface area contributed by atoms with Crippen LogP contribution in [0.25, 0.3) is 0 Å². The summed E-state index contributed by atoms with van der Waals surface area (Å²) < 4.78 is 5.82. The van der Waals surface area contributed by atoms with Gasteiger partial charge in [-0.05, 0) is 45.7 Å². The van der Waals surface area contributed by atoms with Gasteiger partial charge in [0.1, 0.15) is 11.4 Å². The van der Waals surface area contributed by atoms with Crippen molar-refractivity contribution in [3.8, 4) is 5.88 Å². The Morgan fingerprint density at radius 2 is 1.90 bits per heavy atom. The minimum Gasteiger partial charge on any atom is -0.470 e. The number of hydrogen-bond donors (Lipinski definition) is 2. The fraction of sp³-hybridized carbons (Fsp3) is 0.706. The Morgan fingerprint density at radius 1 is 1.19 bits per heavy atom. The van der Waals surface area contributed by atoms with Crippen molar-refractivity contribution >= 4 is 11.5 Å². The molecule has 1 heterocycles. The molecular weight excluding hydrogens is 262 g/mol. The van der Waals surface area contributed by atoms with Gasteiger partial charge in [-0.1, -0.05) is 33.1 Å². The molecule has 1 aromatic rings. The number of ether oxygens (including phenoxy) is 1. The number of aromatic nitrogens is 1. The number of nitrogens with zero attached hydrogens (tertiary/aromatic N) is 1. The first kappa shape index (κ1) is 17.6. The van der Waals surface area contributed by atoms with Crippen LogP contribution in [0.2, 0.25) is 0 Å². The highest BCUT2D eigenvalue weighted by Gasteiger charge is 2.16. The van der Waals surface area contributed by atoms with Gasteiger partial charge >= 0.3 is 0 Å². The number of unbranched alkanes of at least 4 members (excludes halogenated alkanes) is 1. The highest BCUT2D eigenvalue weighted by atomic mass is 16.5. The first-order valence-corrected chi connectivity index (χ1v) is 8.07. The maximum absolute atomic E-state index is 5.95. The summed E-state index contributed by atoms with van der Waals surface area (Å²) in [5.41, 5.74) is 6.23. The summed E-state index contributed by atoms with van der Waals surface area (Å²) in [5, 5.41) is 3.52. The molecule has 1 rings (SSSR count). The van der Waals surface area contributed by atoms with Crippen molar-refractivity contribution in [3.05, 3.63) is 12.1 Å². The number of hydrogen-bond acceptors (Lipinski definition) is 4. The normalized spacial score (nSPS) is 13.0. The van der Waals surface area contributed by atoms with Crippen molar-refractivity contribution in [1.82, 2.24) is 4.98 Å². The van der Waals surface area contributed by atoms with Crippen LogP contribution in [0.1, 0.15) is 66.7 Å². The molecule has 0 spiro atoms. The number of nitrogen functional groups attached to an aromatic ring is 1. The van der Waals surface area contributed by atoms with Crippen LogP contribution < -0.4 is 15.8 Å². The molecule has 0 amide bonds. The first-order chi connectivity index (χ1) is 9.85. The van der Waals surface area contributed by atoms with Gasteiger partial charge in [0, 0.05) is 6.04 Å². The van der Waals surface area contributed by atoms with Crippen LogP contribution in [0.4, 0.5) is 11.5 Å². The lowest BCUT2D eigenvalue weighted by atomic mass is 10.1. The molecule has 0 fully saturated rings. The molecule has 0 saturated heterocycles. The Balaban J connectivity index is 2.79. The van der Waals surface area contributed by atoms with E-state index < -0.39 is 0 Å². The molecule has 4 heteroatoms. The summed E-state index contributed by atoms with van der Waals surface area (Å²) in [6.07, 6.45) is 5.95. The summed E-state index contributed by atoms with van der Waals surface area (Å²) >= 11 is 0. The summed E-state index contributed by atoms with van der Waals surface area (Å²) in [4.78, 5) is 4.53. The highest BCUT2D eigenvalue weighted by molar-refractivity contribution is 5.54. The fourth-order valence-electron chi connectivity index (χ4n) is 2.20. The van der Waals surface area contributed by atoms with Crippen LogP contribution in [0.3, 0.4) is 0 Å². The minimum absolute atomic E-state index is 0.301. The Labute approximate surface area is 129 Å². The summed E-state index contributed by atoms with van der Waals surface area (Å²) in [6.45, 7) is 10.4. The number of nitrogens with one attached hydrogen (secondary N) is 1. The second-order valence-electron chi connectivity index (χ2n) is 6.58. The third kappa shape index (κ3) is 6.69. The molecule has 1 aromatic heterocycles. The topological polar surface area (TPSA) is 60.2 Å². The van der Waals surface area contributed by atoms with Gasteiger partial charge in [0.15, 0.2) is 0 Å². The van der Waals surface area contributed by atoms with Crippen LogP contribution in [-0.2, 0) is 0 Å². The predicted molar refractivity (Wildman–Crippen MR) is 90.9 cm³/mol. The van der Waals surface area contributed by atoms with Crippen molar-refractivity contribution < 1.29 is 4.74 Å². The monoisotopic (exact) mass is 293 g/mol. The smallest absolute Gasteiger partial charge is 0.239 e. The van der Waals surface area contributed by atoms with E-state index in [1.807, 2.05) is 32.9 Å². The van der Waals surface area contributed by atoms with Gasteiger partial charge in [0.05, 0.1) is 5.69 Å². The molecular formula is C17H31N3O. The van der Waals surface area contributed by atoms with E-state index in [-0.39, 0.29) is 5.60 Å². The van der Waals surface area contributed by atoms with Gasteiger partial charge in [-0.25, -0.2) is 0 Å². The predicted octanol–water partition coefficient (Wildman–Crippen LogP) is 4.61. The van der Waals surface area contributed by atoms with Gasteiger partial charge in [-0.3, -0.25) is 0 Å². The van der Waals surface area contributed by atoms with E-state index >= 15 is 0 Å². The standard InChI is InChI=1S/C17H31N3O/c1-6-8-10-13(9-7-2)19-15-12-11-14(18)16(20-15)21-17(3,4)5/h11-13H,6-10,18H2,1-5H3,(H,19,20). The van der Waals surface area contributed by atoms with Gasteiger partial charge < -0.3 is 15.8 Å². The van der Waals surface area contributed by atoms with E-state index in [0.29, 0.717) is 17.6 Å². The molecule has 1 unspecified atom stereocenters. The van der Waals surface area contributed by atoms with Gasteiger partial charge in [0.25, 0.3) is 0 Å². The Hall–Kier alpha value is -1.45. The lowest BCUT2D eigenvalue weighted by molar-refractivity contribution is 0.125. The molecule has 0 bridgehead atoms. The average molecular weight is 293 g/mol. The number of rotatable bonds is 8. The van der Waals surface area contributed by atoms with Crippen molar-refractivity contribution in [3.63, 3.8) is 0 Å². The van der Waals surface area contributed by atoms with Crippen molar-refractivity contribution in [2.45, 2.75) is 78.4 Å². The Bertz CT molecular complexity index is 427. The molecule has 3 N–H and O–H groups in total. The largest absolute Gasteiger partial charge is 0.470 e. The molecule has 4 nitrogen and oxygen atoms in total. The fourth-order valence-corrected chi connectivity index (χ4v) is 2.20.